The zero-order valence-corrected chi connectivity index (χ0v) is 11.4. The zero-order chi connectivity index (χ0) is 15.4. The van der Waals surface area contributed by atoms with E-state index in [-0.39, 0.29) is 17.3 Å². The van der Waals surface area contributed by atoms with Gasteiger partial charge in [0.25, 0.3) is 5.91 Å². The summed E-state index contributed by atoms with van der Waals surface area (Å²) in [6.45, 7) is 1.46. The molecule has 0 aliphatic carbocycles. The van der Waals surface area contributed by atoms with Crippen LogP contribution in [0.2, 0.25) is 0 Å². The van der Waals surface area contributed by atoms with E-state index in [1.807, 2.05) is 0 Å². The summed E-state index contributed by atoms with van der Waals surface area (Å²) in [5, 5.41) is 2.68. The molecule has 0 bridgehead atoms. The van der Waals surface area contributed by atoms with Crippen molar-refractivity contribution in [3.05, 3.63) is 65.2 Å². The molecular weight excluding hydrogens is 268 g/mol. The second-order valence-corrected chi connectivity index (χ2v) is 4.54. The Balaban J connectivity index is 2.22. The molecule has 0 aromatic heterocycles. The molecular formula is C16H14N2O3. The largest absolute Gasteiger partial charge is 0.366 e. The molecule has 21 heavy (non-hydrogen) atoms. The molecule has 2 aromatic carbocycles. The first-order chi connectivity index (χ1) is 9.97. The quantitative estimate of drug-likeness (QED) is 0.843. The highest BCUT2D eigenvalue weighted by molar-refractivity contribution is 6.06. The van der Waals surface area contributed by atoms with E-state index in [0.717, 1.165) is 0 Å². The van der Waals surface area contributed by atoms with Crippen LogP contribution >= 0.6 is 0 Å². The van der Waals surface area contributed by atoms with E-state index in [1.165, 1.54) is 19.1 Å². The van der Waals surface area contributed by atoms with Crippen LogP contribution in [-0.4, -0.2) is 17.6 Å². The van der Waals surface area contributed by atoms with Gasteiger partial charge in [0, 0.05) is 22.4 Å². The number of ketones is 1. The van der Waals surface area contributed by atoms with Crippen molar-refractivity contribution in [3.63, 3.8) is 0 Å². The number of hydrogen-bond acceptors (Lipinski definition) is 3. The van der Waals surface area contributed by atoms with Crippen molar-refractivity contribution in [2.75, 3.05) is 5.32 Å². The number of carbonyl (C=O) groups excluding carboxylic acids is 3. The lowest BCUT2D eigenvalue weighted by Gasteiger charge is -2.07. The molecule has 0 spiro atoms. The van der Waals surface area contributed by atoms with Crippen molar-refractivity contribution >= 4 is 23.3 Å². The predicted molar refractivity (Wildman–Crippen MR) is 79.4 cm³/mol. The third-order valence-electron chi connectivity index (χ3n) is 2.94. The summed E-state index contributed by atoms with van der Waals surface area (Å²) in [5.74, 6) is -1.05. The molecule has 0 aliphatic rings. The number of amides is 2. The molecule has 5 heteroatoms. The molecule has 0 aliphatic heterocycles. The highest BCUT2D eigenvalue weighted by Gasteiger charge is 2.09. The summed E-state index contributed by atoms with van der Waals surface area (Å²) in [6, 6.07) is 12.8. The fourth-order valence-electron chi connectivity index (χ4n) is 1.83. The first kappa shape index (κ1) is 14.5. The summed E-state index contributed by atoms with van der Waals surface area (Å²) in [7, 11) is 0. The molecule has 2 aromatic rings. The summed E-state index contributed by atoms with van der Waals surface area (Å²) in [6.07, 6.45) is 0. The summed E-state index contributed by atoms with van der Waals surface area (Å²) >= 11 is 0. The van der Waals surface area contributed by atoms with Crippen molar-refractivity contribution in [1.29, 1.82) is 0 Å². The molecule has 0 fully saturated rings. The SMILES string of the molecule is CC(=O)c1cccc(NC(=O)c2cccc(C(N)=O)c2)c1. The minimum atomic E-state index is -0.594. The number of benzene rings is 2. The molecule has 0 radical (unpaired) electrons. The first-order valence-corrected chi connectivity index (χ1v) is 6.29. The first-order valence-electron chi connectivity index (χ1n) is 6.29. The predicted octanol–water partition coefficient (Wildman–Crippen LogP) is 2.24. The van der Waals surface area contributed by atoms with Crippen molar-refractivity contribution in [3.8, 4) is 0 Å². The Hall–Kier alpha value is -2.95. The molecule has 0 atom stereocenters. The van der Waals surface area contributed by atoms with Gasteiger partial charge in [-0.1, -0.05) is 18.2 Å². The highest BCUT2D eigenvalue weighted by atomic mass is 16.2. The number of nitrogens with one attached hydrogen (secondary N) is 1. The van der Waals surface area contributed by atoms with Crippen LogP contribution in [0.1, 0.15) is 38.0 Å². The fraction of sp³-hybridized carbons (Fsp3) is 0.0625. The number of nitrogens with two attached hydrogens (primary N) is 1. The summed E-state index contributed by atoms with van der Waals surface area (Å²) < 4.78 is 0. The van der Waals surface area contributed by atoms with Crippen LogP contribution in [0.3, 0.4) is 0 Å². The van der Waals surface area contributed by atoms with Gasteiger partial charge in [-0.15, -0.1) is 0 Å². The topological polar surface area (TPSA) is 89.3 Å². The van der Waals surface area contributed by atoms with Crippen LogP contribution in [-0.2, 0) is 0 Å². The highest BCUT2D eigenvalue weighted by Crippen LogP contribution is 2.13. The average molecular weight is 282 g/mol. The maximum Gasteiger partial charge on any atom is 0.255 e. The lowest BCUT2D eigenvalue weighted by molar-refractivity contribution is 0.0995. The molecule has 2 rings (SSSR count). The monoisotopic (exact) mass is 282 g/mol. The molecule has 0 heterocycles. The van der Waals surface area contributed by atoms with E-state index in [4.69, 9.17) is 5.73 Å². The van der Waals surface area contributed by atoms with Gasteiger partial charge in [-0.2, -0.15) is 0 Å². The molecule has 0 saturated heterocycles. The van der Waals surface area contributed by atoms with Gasteiger partial charge < -0.3 is 11.1 Å². The number of primary amides is 1. The summed E-state index contributed by atoms with van der Waals surface area (Å²) in [4.78, 5) is 34.5. The second kappa shape index (κ2) is 6.00. The van der Waals surface area contributed by atoms with Crippen LogP contribution < -0.4 is 11.1 Å². The van der Waals surface area contributed by atoms with Gasteiger partial charge in [0.1, 0.15) is 0 Å². The number of rotatable bonds is 4. The smallest absolute Gasteiger partial charge is 0.255 e. The average Bonchev–Trinajstić information content (AvgIpc) is 2.47. The molecule has 106 valence electrons. The van der Waals surface area contributed by atoms with Gasteiger partial charge in [0.05, 0.1) is 0 Å². The second-order valence-electron chi connectivity index (χ2n) is 4.54. The Morgan fingerprint density at radius 2 is 1.52 bits per heavy atom. The van der Waals surface area contributed by atoms with Crippen LogP contribution in [0.5, 0.6) is 0 Å². The number of anilines is 1. The fourth-order valence-corrected chi connectivity index (χ4v) is 1.83. The molecule has 3 N–H and O–H groups in total. The van der Waals surface area contributed by atoms with Gasteiger partial charge in [0.15, 0.2) is 5.78 Å². The summed E-state index contributed by atoms with van der Waals surface area (Å²) in [5.41, 5.74) is 6.79. The van der Waals surface area contributed by atoms with Gasteiger partial charge in [-0.25, -0.2) is 0 Å². The Morgan fingerprint density at radius 1 is 0.905 bits per heavy atom. The van der Waals surface area contributed by atoms with Crippen molar-refractivity contribution in [2.45, 2.75) is 6.92 Å². The Morgan fingerprint density at radius 3 is 2.19 bits per heavy atom. The lowest BCUT2D eigenvalue weighted by Crippen LogP contribution is -2.15. The number of Topliss-reactive ketones (excluding diaryl/α,β-unsaturated/α-hetero) is 1. The Bertz CT molecular complexity index is 723. The maximum atomic E-state index is 12.1. The van der Waals surface area contributed by atoms with Gasteiger partial charge in [-0.05, 0) is 37.3 Å². The van der Waals surface area contributed by atoms with Crippen LogP contribution in [0, 0.1) is 0 Å². The minimum absolute atomic E-state index is 0.0816. The van der Waals surface area contributed by atoms with Crippen molar-refractivity contribution in [2.24, 2.45) is 5.73 Å². The van der Waals surface area contributed by atoms with Crippen molar-refractivity contribution < 1.29 is 14.4 Å². The van der Waals surface area contributed by atoms with E-state index in [1.54, 1.807) is 36.4 Å². The molecule has 0 unspecified atom stereocenters. The standard InChI is InChI=1S/C16H14N2O3/c1-10(19)11-4-3-7-14(9-11)18-16(21)13-6-2-5-12(8-13)15(17)20/h2-9H,1H3,(H2,17,20)(H,18,21). The third kappa shape index (κ3) is 3.54. The normalized spacial score (nSPS) is 9.95. The van der Waals surface area contributed by atoms with Gasteiger partial charge >= 0.3 is 0 Å². The van der Waals surface area contributed by atoms with Crippen LogP contribution in [0.25, 0.3) is 0 Å². The minimum Gasteiger partial charge on any atom is -0.366 e. The van der Waals surface area contributed by atoms with E-state index in [9.17, 15) is 14.4 Å². The van der Waals surface area contributed by atoms with E-state index in [0.29, 0.717) is 16.8 Å². The Kier molecular flexibility index (Phi) is 4.13. The molecule has 5 nitrogen and oxygen atoms in total. The number of hydrogen-bond donors (Lipinski definition) is 2. The zero-order valence-electron chi connectivity index (χ0n) is 11.4. The Labute approximate surface area is 121 Å². The number of carbonyl (C=O) groups is 3. The van der Waals surface area contributed by atoms with Crippen LogP contribution in [0.15, 0.2) is 48.5 Å². The third-order valence-corrected chi connectivity index (χ3v) is 2.94. The molecule has 2 amide bonds. The van der Waals surface area contributed by atoms with E-state index in [2.05, 4.69) is 5.32 Å². The van der Waals surface area contributed by atoms with E-state index >= 15 is 0 Å². The van der Waals surface area contributed by atoms with Crippen molar-refractivity contribution in [1.82, 2.24) is 0 Å². The lowest BCUT2D eigenvalue weighted by atomic mass is 10.1. The van der Waals surface area contributed by atoms with Gasteiger partial charge in [0.2, 0.25) is 5.91 Å². The van der Waals surface area contributed by atoms with E-state index < -0.39 is 5.91 Å². The maximum absolute atomic E-state index is 12.1. The van der Waals surface area contributed by atoms with Crippen LogP contribution in [0.4, 0.5) is 5.69 Å². The molecule has 0 saturated carbocycles. The van der Waals surface area contributed by atoms with Gasteiger partial charge in [-0.3, -0.25) is 14.4 Å².